The number of esters is 1. The summed E-state index contributed by atoms with van der Waals surface area (Å²) in [6, 6.07) is 18.3. The summed E-state index contributed by atoms with van der Waals surface area (Å²) in [4.78, 5) is 11.6. The molecule has 1 aliphatic rings. The van der Waals surface area contributed by atoms with E-state index in [4.69, 9.17) is 24.7 Å². The lowest BCUT2D eigenvalue weighted by Gasteiger charge is -2.15. The first-order valence-electron chi connectivity index (χ1n) is 11.5. The fraction of sp³-hybridized carbons (Fsp3) is 0.321. The minimum absolute atomic E-state index is 0.0201. The number of carbonyl (C=O) groups excluding carboxylic acids is 1. The zero-order chi connectivity index (χ0) is 24.1. The van der Waals surface area contributed by atoms with Crippen molar-refractivity contribution in [2.24, 2.45) is 5.73 Å². The van der Waals surface area contributed by atoms with E-state index in [2.05, 4.69) is 50.2 Å². The Kier molecular flexibility index (Phi) is 7.38. The van der Waals surface area contributed by atoms with Crippen LogP contribution in [0.4, 0.5) is 0 Å². The van der Waals surface area contributed by atoms with Gasteiger partial charge in [-0.15, -0.1) is 0 Å². The fourth-order valence-electron chi connectivity index (χ4n) is 4.42. The van der Waals surface area contributed by atoms with Gasteiger partial charge in [-0.2, -0.15) is 0 Å². The van der Waals surface area contributed by atoms with Crippen molar-refractivity contribution < 1.29 is 23.7 Å². The standard InChI is InChI=1S/C28H31NO5/c1-18-11-24(32-10-9-29)12-19(2)28(18)21-6-4-5-20(13-21)16-33-23-7-8-25-22(14-27(30)31-3)17-34-26(25)15-23/h4-8,11-13,15,22H,9-10,14,16-17,29H2,1-3H3/t22-/m1/s1. The van der Waals surface area contributed by atoms with Crippen LogP contribution in [-0.2, 0) is 16.1 Å². The Morgan fingerprint density at radius 1 is 1.03 bits per heavy atom. The lowest BCUT2D eigenvalue weighted by molar-refractivity contribution is -0.141. The number of fused-ring (bicyclic) bond motifs is 1. The van der Waals surface area contributed by atoms with Gasteiger partial charge < -0.3 is 24.7 Å². The van der Waals surface area contributed by atoms with E-state index in [9.17, 15) is 4.79 Å². The van der Waals surface area contributed by atoms with Gasteiger partial charge in [-0.1, -0.05) is 24.3 Å². The molecule has 0 aliphatic carbocycles. The van der Waals surface area contributed by atoms with Crippen LogP contribution in [0.1, 0.15) is 34.6 Å². The SMILES string of the molecule is COC(=O)C[C@@H]1COc2cc(OCc3cccc(-c4c(C)cc(OCCN)cc4C)c3)ccc21. The molecule has 1 heterocycles. The molecule has 0 saturated heterocycles. The predicted octanol–water partition coefficient (Wildman–Crippen LogP) is 4.93. The Morgan fingerprint density at radius 3 is 2.56 bits per heavy atom. The number of nitrogens with two attached hydrogens (primary N) is 1. The van der Waals surface area contributed by atoms with Gasteiger partial charge in [0.15, 0.2) is 0 Å². The van der Waals surface area contributed by atoms with Crippen molar-refractivity contribution in [3.8, 4) is 28.4 Å². The maximum absolute atomic E-state index is 11.6. The summed E-state index contributed by atoms with van der Waals surface area (Å²) in [6.07, 6.45) is 0.315. The van der Waals surface area contributed by atoms with Crippen molar-refractivity contribution in [1.82, 2.24) is 0 Å². The maximum atomic E-state index is 11.6. The predicted molar refractivity (Wildman–Crippen MR) is 132 cm³/mol. The van der Waals surface area contributed by atoms with Crippen LogP contribution in [0.2, 0.25) is 0 Å². The molecule has 0 unspecified atom stereocenters. The average Bonchev–Trinajstić information content (AvgIpc) is 3.23. The molecule has 0 bridgehead atoms. The Hall–Kier alpha value is -3.51. The van der Waals surface area contributed by atoms with Crippen molar-refractivity contribution >= 4 is 5.97 Å². The summed E-state index contributed by atoms with van der Waals surface area (Å²) in [6.45, 7) is 6.10. The minimum atomic E-state index is -0.232. The number of hydrogen-bond donors (Lipinski definition) is 1. The quantitative estimate of drug-likeness (QED) is 0.456. The number of benzene rings is 3. The Bertz CT molecular complexity index is 1150. The number of rotatable bonds is 9. The highest BCUT2D eigenvalue weighted by molar-refractivity contribution is 5.72. The highest BCUT2D eigenvalue weighted by Crippen LogP contribution is 2.38. The van der Waals surface area contributed by atoms with Crippen LogP contribution in [0.5, 0.6) is 17.2 Å². The minimum Gasteiger partial charge on any atom is -0.492 e. The lowest BCUT2D eigenvalue weighted by atomic mass is 9.94. The fourth-order valence-corrected chi connectivity index (χ4v) is 4.42. The number of ether oxygens (including phenoxy) is 4. The van der Waals surface area contributed by atoms with Gasteiger partial charge in [-0.05, 0) is 65.9 Å². The van der Waals surface area contributed by atoms with Gasteiger partial charge in [0.05, 0.1) is 20.1 Å². The number of aryl methyl sites for hydroxylation is 2. The van der Waals surface area contributed by atoms with Crippen LogP contribution in [0, 0.1) is 13.8 Å². The van der Waals surface area contributed by atoms with Crippen LogP contribution in [0.15, 0.2) is 54.6 Å². The third kappa shape index (κ3) is 5.34. The third-order valence-electron chi connectivity index (χ3n) is 6.02. The summed E-state index contributed by atoms with van der Waals surface area (Å²) in [5.74, 6) is 2.13. The smallest absolute Gasteiger partial charge is 0.306 e. The molecule has 0 aromatic heterocycles. The molecule has 178 valence electrons. The molecule has 0 radical (unpaired) electrons. The Labute approximate surface area is 200 Å². The number of carbonyl (C=O) groups is 1. The molecule has 6 heteroatoms. The molecule has 1 aliphatic heterocycles. The van der Waals surface area contributed by atoms with E-state index in [-0.39, 0.29) is 11.9 Å². The van der Waals surface area contributed by atoms with Crippen molar-refractivity contribution in [3.63, 3.8) is 0 Å². The average molecular weight is 462 g/mol. The number of methoxy groups -OCH3 is 1. The topological polar surface area (TPSA) is 80.0 Å². The van der Waals surface area contributed by atoms with Crippen LogP contribution >= 0.6 is 0 Å². The molecule has 3 aromatic rings. The van der Waals surface area contributed by atoms with Gasteiger partial charge >= 0.3 is 5.97 Å². The van der Waals surface area contributed by atoms with Gasteiger partial charge in [-0.25, -0.2) is 0 Å². The largest absolute Gasteiger partial charge is 0.492 e. The van der Waals surface area contributed by atoms with E-state index < -0.39 is 0 Å². The molecule has 2 N–H and O–H groups in total. The molecule has 0 amide bonds. The van der Waals surface area contributed by atoms with E-state index in [1.165, 1.54) is 12.7 Å². The third-order valence-corrected chi connectivity index (χ3v) is 6.02. The van der Waals surface area contributed by atoms with Crippen LogP contribution in [-0.4, -0.2) is 32.8 Å². The van der Waals surface area contributed by atoms with Crippen LogP contribution < -0.4 is 19.9 Å². The molecular weight excluding hydrogens is 430 g/mol. The molecule has 4 rings (SSSR count). The maximum Gasteiger partial charge on any atom is 0.306 e. The van der Waals surface area contributed by atoms with E-state index in [0.717, 1.165) is 45.1 Å². The molecule has 1 atom stereocenters. The second kappa shape index (κ2) is 10.6. The lowest BCUT2D eigenvalue weighted by Crippen LogP contribution is -2.10. The molecular formula is C28H31NO5. The van der Waals surface area contributed by atoms with Crippen molar-refractivity contribution in [3.05, 3.63) is 76.9 Å². The zero-order valence-corrected chi connectivity index (χ0v) is 19.9. The summed E-state index contributed by atoms with van der Waals surface area (Å²) >= 11 is 0. The molecule has 34 heavy (non-hydrogen) atoms. The molecule has 0 fully saturated rings. The van der Waals surface area contributed by atoms with Crippen LogP contribution in [0.25, 0.3) is 11.1 Å². The van der Waals surface area contributed by atoms with Crippen molar-refractivity contribution in [2.75, 3.05) is 26.9 Å². The van der Waals surface area contributed by atoms with Gasteiger partial charge in [0.1, 0.15) is 30.5 Å². The molecule has 6 nitrogen and oxygen atoms in total. The summed E-state index contributed by atoms with van der Waals surface area (Å²) in [7, 11) is 1.40. The zero-order valence-electron chi connectivity index (χ0n) is 19.9. The molecule has 0 saturated carbocycles. The highest BCUT2D eigenvalue weighted by Gasteiger charge is 2.27. The van der Waals surface area contributed by atoms with Gasteiger partial charge in [-0.3, -0.25) is 4.79 Å². The first-order chi connectivity index (χ1) is 16.5. The molecule has 0 spiro atoms. The Balaban J connectivity index is 1.46. The first-order valence-corrected chi connectivity index (χ1v) is 11.5. The monoisotopic (exact) mass is 461 g/mol. The second-order valence-electron chi connectivity index (χ2n) is 8.55. The second-order valence-corrected chi connectivity index (χ2v) is 8.55. The summed E-state index contributed by atoms with van der Waals surface area (Å²) in [5, 5.41) is 0. The van der Waals surface area contributed by atoms with E-state index in [1.807, 2.05) is 18.2 Å². The van der Waals surface area contributed by atoms with Gasteiger partial charge in [0.2, 0.25) is 0 Å². The van der Waals surface area contributed by atoms with Crippen molar-refractivity contribution in [1.29, 1.82) is 0 Å². The van der Waals surface area contributed by atoms with Gasteiger partial charge in [0.25, 0.3) is 0 Å². The summed E-state index contributed by atoms with van der Waals surface area (Å²) < 4.78 is 22.3. The normalized spacial score (nSPS) is 14.3. The molecule has 3 aromatic carbocycles. The highest BCUT2D eigenvalue weighted by atomic mass is 16.5. The first kappa shape index (κ1) is 23.6. The van der Waals surface area contributed by atoms with Crippen molar-refractivity contribution in [2.45, 2.75) is 32.8 Å². The Morgan fingerprint density at radius 2 is 1.82 bits per heavy atom. The van der Waals surface area contributed by atoms with Crippen LogP contribution in [0.3, 0.4) is 0 Å². The van der Waals surface area contributed by atoms with E-state index >= 15 is 0 Å². The number of hydrogen-bond acceptors (Lipinski definition) is 6. The van der Waals surface area contributed by atoms with E-state index in [1.54, 1.807) is 0 Å². The summed E-state index contributed by atoms with van der Waals surface area (Å²) in [5.41, 5.74) is 12.3. The van der Waals surface area contributed by atoms with Gasteiger partial charge in [0, 0.05) is 24.1 Å². The van der Waals surface area contributed by atoms with E-state index in [0.29, 0.717) is 32.8 Å².